The van der Waals surface area contributed by atoms with Gasteiger partial charge < -0.3 is 20.3 Å². The van der Waals surface area contributed by atoms with E-state index in [0.717, 1.165) is 36.5 Å². The van der Waals surface area contributed by atoms with Crippen molar-refractivity contribution in [1.29, 1.82) is 0 Å². The van der Waals surface area contributed by atoms with Crippen LogP contribution in [0.15, 0.2) is 29.3 Å². The summed E-state index contributed by atoms with van der Waals surface area (Å²) in [4.78, 5) is 18.8. The van der Waals surface area contributed by atoms with Crippen LogP contribution >= 0.6 is 24.0 Å². The molecule has 0 spiro atoms. The SMILES string of the molecule is CCCCNC(=NC)NCc1ccc(C(=O)N2CC(C)OC(C)C2)cc1.I. The Bertz CT molecular complexity index is 597. The smallest absolute Gasteiger partial charge is 0.254 e. The number of amides is 1. The highest BCUT2D eigenvalue weighted by Crippen LogP contribution is 2.15. The highest BCUT2D eigenvalue weighted by molar-refractivity contribution is 14.0. The van der Waals surface area contributed by atoms with Crippen LogP contribution in [0.25, 0.3) is 0 Å². The minimum Gasteiger partial charge on any atom is -0.372 e. The number of aliphatic imine (C=N–C) groups is 1. The van der Waals surface area contributed by atoms with Gasteiger partial charge in [-0.25, -0.2) is 0 Å². The number of benzene rings is 1. The third kappa shape index (κ3) is 7.65. The van der Waals surface area contributed by atoms with Crippen LogP contribution in [0.3, 0.4) is 0 Å². The highest BCUT2D eigenvalue weighted by Gasteiger charge is 2.26. The van der Waals surface area contributed by atoms with Crippen molar-refractivity contribution in [3.8, 4) is 0 Å². The van der Waals surface area contributed by atoms with Gasteiger partial charge in [0.15, 0.2) is 5.96 Å². The number of carbonyl (C=O) groups is 1. The van der Waals surface area contributed by atoms with Crippen LogP contribution in [0.4, 0.5) is 0 Å². The maximum absolute atomic E-state index is 12.7. The highest BCUT2D eigenvalue weighted by atomic mass is 127. The van der Waals surface area contributed by atoms with Crippen LogP contribution in [-0.4, -0.2) is 55.7 Å². The van der Waals surface area contributed by atoms with Gasteiger partial charge in [0.1, 0.15) is 0 Å². The number of nitrogens with zero attached hydrogens (tertiary/aromatic N) is 2. The molecule has 1 saturated heterocycles. The molecule has 1 heterocycles. The van der Waals surface area contributed by atoms with Crippen molar-refractivity contribution in [1.82, 2.24) is 15.5 Å². The zero-order chi connectivity index (χ0) is 18.9. The molecule has 0 radical (unpaired) electrons. The Labute approximate surface area is 180 Å². The Hall–Kier alpha value is -1.35. The minimum absolute atomic E-state index is 0. The summed E-state index contributed by atoms with van der Waals surface area (Å²) in [7, 11) is 1.77. The lowest BCUT2D eigenvalue weighted by atomic mass is 10.1. The van der Waals surface area contributed by atoms with E-state index in [9.17, 15) is 4.79 Å². The molecule has 1 fully saturated rings. The molecule has 0 aliphatic carbocycles. The average Bonchev–Trinajstić information content (AvgIpc) is 2.63. The van der Waals surface area contributed by atoms with Gasteiger partial charge in [-0.15, -0.1) is 24.0 Å². The fraction of sp³-hybridized carbons (Fsp3) is 0.600. The van der Waals surface area contributed by atoms with E-state index in [-0.39, 0.29) is 42.1 Å². The molecule has 0 bridgehead atoms. The molecule has 1 amide bonds. The maximum Gasteiger partial charge on any atom is 0.254 e. The normalized spacial score (nSPS) is 20.0. The molecule has 1 aromatic rings. The van der Waals surface area contributed by atoms with Crippen LogP contribution in [0, 0.1) is 0 Å². The molecule has 1 aromatic carbocycles. The second-order valence-corrected chi connectivity index (χ2v) is 6.87. The molecule has 0 aromatic heterocycles. The lowest BCUT2D eigenvalue weighted by molar-refractivity contribution is -0.0586. The molecule has 1 aliphatic rings. The van der Waals surface area contributed by atoms with Gasteiger partial charge in [-0.2, -0.15) is 0 Å². The lowest BCUT2D eigenvalue weighted by Crippen LogP contribution is -2.48. The number of morpholine rings is 1. The number of carbonyl (C=O) groups excluding carboxylic acids is 1. The molecule has 7 heteroatoms. The summed E-state index contributed by atoms with van der Waals surface area (Å²) in [5, 5.41) is 6.58. The summed E-state index contributed by atoms with van der Waals surface area (Å²) in [6.07, 6.45) is 2.44. The van der Waals surface area contributed by atoms with Gasteiger partial charge in [-0.1, -0.05) is 25.5 Å². The average molecular weight is 488 g/mol. The number of halogens is 1. The Kier molecular flexibility index (Phi) is 10.7. The summed E-state index contributed by atoms with van der Waals surface area (Å²) >= 11 is 0. The van der Waals surface area contributed by atoms with Gasteiger partial charge >= 0.3 is 0 Å². The first-order chi connectivity index (χ1) is 12.5. The third-order valence-corrected chi connectivity index (χ3v) is 4.41. The zero-order valence-corrected chi connectivity index (χ0v) is 19.2. The summed E-state index contributed by atoms with van der Waals surface area (Å²) < 4.78 is 5.70. The Morgan fingerprint density at radius 1 is 1.19 bits per heavy atom. The van der Waals surface area contributed by atoms with Crippen LogP contribution in [0.1, 0.15) is 49.5 Å². The first-order valence-electron chi connectivity index (χ1n) is 9.51. The molecule has 2 unspecified atom stereocenters. The summed E-state index contributed by atoms with van der Waals surface area (Å²) in [6, 6.07) is 7.79. The van der Waals surface area contributed by atoms with E-state index in [0.29, 0.717) is 19.6 Å². The lowest BCUT2D eigenvalue weighted by Gasteiger charge is -2.35. The minimum atomic E-state index is 0. The number of nitrogens with one attached hydrogen (secondary N) is 2. The molecule has 1 aliphatic heterocycles. The van der Waals surface area contributed by atoms with Crippen LogP contribution in [0.2, 0.25) is 0 Å². The molecule has 6 nitrogen and oxygen atoms in total. The van der Waals surface area contributed by atoms with Gasteiger partial charge in [0.05, 0.1) is 12.2 Å². The van der Waals surface area contributed by atoms with E-state index >= 15 is 0 Å². The number of unbranched alkanes of at least 4 members (excludes halogenated alkanes) is 1. The van der Waals surface area contributed by atoms with Gasteiger partial charge in [0.2, 0.25) is 0 Å². The van der Waals surface area contributed by atoms with Crippen molar-refractivity contribution in [2.24, 2.45) is 4.99 Å². The van der Waals surface area contributed by atoms with Gasteiger partial charge in [-0.05, 0) is 38.0 Å². The predicted molar refractivity (Wildman–Crippen MR) is 121 cm³/mol. The molecule has 0 saturated carbocycles. The van der Waals surface area contributed by atoms with E-state index in [1.807, 2.05) is 43.0 Å². The zero-order valence-electron chi connectivity index (χ0n) is 16.8. The molecule has 2 N–H and O–H groups in total. The van der Waals surface area contributed by atoms with E-state index in [4.69, 9.17) is 4.74 Å². The summed E-state index contributed by atoms with van der Waals surface area (Å²) in [6.45, 7) is 9.06. The molecule has 152 valence electrons. The van der Waals surface area contributed by atoms with Gasteiger partial charge in [-0.3, -0.25) is 9.79 Å². The van der Waals surface area contributed by atoms with Crippen molar-refractivity contribution < 1.29 is 9.53 Å². The largest absolute Gasteiger partial charge is 0.372 e. The fourth-order valence-corrected chi connectivity index (χ4v) is 3.08. The van der Waals surface area contributed by atoms with Crippen molar-refractivity contribution in [2.45, 2.75) is 52.4 Å². The number of ether oxygens (including phenoxy) is 1. The first kappa shape index (κ1) is 23.7. The van der Waals surface area contributed by atoms with Crippen LogP contribution in [0.5, 0.6) is 0 Å². The van der Waals surface area contributed by atoms with Gasteiger partial charge in [0, 0.05) is 38.8 Å². The third-order valence-electron chi connectivity index (χ3n) is 4.41. The second kappa shape index (κ2) is 12.2. The second-order valence-electron chi connectivity index (χ2n) is 6.87. The Morgan fingerprint density at radius 3 is 2.37 bits per heavy atom. The van der Waals surface area contributed by atoms with Crippen molar-refractivity contribution >= 4 is 35.8 Å². The molecule has 27 heavy (non-hydrogen) atoms. The number of hydrogen-bond donors (Lipinski definition) is 2. The van der Waals surface area contributed by atoms with Crippen LogP contribution in [-0.2, 0) is 11.3 Å². The molecule has 2 atom stereocenters. The van der Waals surface area contributed by atoms with E-state index in [2.05, 4.69) is 22.5 Å². The summed E-state index contributed by atoms with van der Waals surface area (Å²) in [5.74, 6) is 0.874. The standard InChI is InChI=1S/C20H32N4O2.HI/c1-5-6-11-22-20(21-4)23-12-17-7-9-18(10-8-17)19(25)24-13-15(2)26-16(3)14-24;/h7-10,15-16H,5-6,11-14H2,1-4H3,(H2,21,22,23);1H. The molecule has 2 rings (SSSR count). The number of rotatable bonds is 6. The van der Waals surface area contributed by atoms with Crippen molar-refractivity contribution in [2.75, 3.05) is 26.7 Å². The summed E-state index contributed by atoms with van der Waals surface area (Å²) in [5.41, 5.74) is 1.84. The molecular weight excluding hydrogens is 455 g/mol. The van der Waals surface area contributed by atoms with Crippen LogP contribution < -0.4 is 10.6 Å². The van der Waals surface area contributed by atoms with Gasteiger partial charge in [0.25, 0.3) is 5.91 Å². The fourth-order valence-electron chi connectivity index (χ4n) is 3.08. The maximum atomic E-state index is 12.7. The number of hydrogen-bond acceptors (Lipinski definition) is 3. The van der Waals surface area contributed by atoms with Crippen molar-refractivity contribution in [3.05, 3.63) is 35.4 Å². The van der Waals surface area contributed by atoms with E-state index < -0.39 is 0 Å². The van der Waals surface area contributed by atoms with E-state index in [1.165, 1.54) is 0 Å². The first-order valence-corrected chi connectivity index (χ1v) is 9.51. The Balaban J connectivity index is 0.00000364. The topological polar surface area (TPSA) is 66.0 Å². The number of guanidine groups is 1. The predicted octanol–water partition coefficient (Wildman–Crippen LogP) is 3.02. The Morgan fingerprint density at radius 2 is 1.81 bits per heavy atom. The quantitative estimate of drug-likeness (QED) is 0.280. The van der Waals surface area contributed by atoms with Crippen molar-refractivity contribution in [3.63, 3.8) is 0 Å². The monoisotopic (exact) mass is 488 g/mol. The van der Waals surface area contributed by atoms with E-state index in [1.54, 1.807) is 7.05 Å². The molecular formula is C20H33IN4O2.